The minimum absolute atomic E-state index is 0.617. The molecule has 9 nitrogen and oxygen atoms in total. The second-order valence-corrected chi connectivity index (χ2v) is 7.78. The van der Waals surface area contributed by atoms with Crippen LogP contribution in [-0.4, -0.2) is 69.2 Å². The quantitative estimate of drug-likeness (QED) is 0.693. The summed E-state index contributed by atoms with van der Waals surface area (Å²) in [5.41, 5.74) is 10.2. The van der Waals surface area contributed by atoms with Crippen molar-refractivity contribution in [1.82, 2.24) is 30.0 Å². The van der Waals surface area contributed by atoms with Crippen molar-refractivity contribution in [2.75, 3.05) is 55.5 Å². The first-order chi connectivity index (χ1) is 13.3. The number of rotatable bonds is 6. The summed E-state index contributed by atoms with van der Waals surface area (Å²) >= 11 is 0. The maximum Gasteiger partial charge on any atom is 0.244 e. The van der Waals surface area contributed by atoms with E-state index in [1.807, 2.05) is 0 Å². The number of hydrogen-bond acceptors (Lipinski definition) is 9. The molecule has 27 heavy (non-hydrogen) atoms. The molecule has 1 aromatic rings. The molecule has 1 aromatic heterocycles. The summed E-state index contributed by atoms with van der Waals surface area (Å²) in [6.07, 6.45) is 11.2. The molecule has 0 aliphatic carbocycles. The van der Waals surface area contributed by atoms with E-state index >= 15 is 0 Å². The Bertz CT molecular complexity index is 485. The van der Waals surface area contributed by atoms with Crippen molar-refractivity contribution in [3.63, 3.8) is 0 Å². The average molecular weight is 376 g/mol. The summed E-state index contributed by atoms with van der Waals surface area (Å²) in [6, 6.07) is 0. The molecule has 3 aliphatic rings. The van der Waals surface area contributed by atoms with Gasteiger partial charge in [-0.3, -0.25) is 16.3 Å². The monoisotopic (exact) mass is 375 g/mol. The normalized spacial score (nSPS) is 23.1. The van der Waals surface area contributed by atoms with Gasteiger partial charge in [-0.05, 0) is 38.5 Å². The van der Waals surface area contributed by atoms with Crippen LogP contribution in [0.1, 0.15) is 57.8 Å². The second kappa shape index (κ2) is 9.48. The molecular formula is C18H33N9. The van der Waals surface area contributed by atoms with Crippen molar-refractivity contribution < 1.29 is 0 Å². The van der Waals surface area contributed by atoms with Gasteiger partial charge in [-0.2, -0.15) is 15.0 Å². The van der Waals surface area contributed by atoms with Crippen LogP contribution in [0.25, 0.3) is 0 Å². The maximum absolute atomic E-state index is 4.63. The van der Waals surface area contributed by atoms with E-state index in [-0.39, 0.29) is 0 Å². The van der Waals surface area contributed by atoms with Crippen LogP contribution in [0.3, 0.4) is 0 Å². The van der Waals surface area contributed by atoms with Crippen LogP contribution in [0.4, 0.5) is 17.8 Å². The van der Waals surface area contributed by atoms with Crippen LogP contribution in [0, 0.1) is 0 Å². The van der Waals surface area contributed by atoms with Crippen molar-refractivity contribution in [2.45, 2.75) is 57.8 Å². The van der Waals surface area contributed by atoms with E-state index in [1.165, 1.54) is 57.8 Å². The van der Waals surface area contributed by atoms with Gasteiger partial charge in [-0.1, -0.05) is 19.3 Å². The third-order valence-electron chi connectivity index (χ3n) is 5.48. The van der Waals surface area contributed by atoms with E-state index in [0.717, 1.165) is 39.3 Å². The third-order valence-corrected chi connectivity index (χ3v) is 5.48. The van der Waals surface area contributed by atoms with Gasteiger partial charge in [0.2, 0.25) is 17.8 Å². The summed E-state index contributed by atoms with van der Waals surface area (Å²) in [5, 5.41) is 6.65. The van der Waals surface area contributed by atoms with E-state index in [1.54, 1.807) is 0 Å². The van der Waals surface area contributed by atoms with Gasteiger partial charge >= 0.3 is 0 Å². The lowest BCUT2D eigenvalue weighted by atomic mass is 10.2. The lowest BCUT2D eigenvalue weighted by Gasteiger charge is -2.30. The van der Waals surface area contributed by atoms with Gasteiger partial charge in [-0.15, -0.1) is 0 Å². The number of anilines is 3. The highest BCUT2D eigenvalue weighted by atomic mass is 15.6. The maximum atomic E-state index is 4.63. The second-order valence-electron chi connectivity index (χ2n) is 7.78. The first kappa shape index (κ1) is 18.6. The van der Waals surface area contributed by atoms with E-state index < -0.39 is 0 Å². The molecule has 3 fully saturated rings. The molecule has 3 saturated heterocycles. The number of aromatic nitrogens is 3. The lowest BCUT2D eigenvalue weighted by Crippen LogP contribution is -2.38. The largest absolute Gasteiger partial charge is 0.287 e. The lowest BCUT2D eigenvalue weighted by molar-refractivity contribution is 0.265. The first-order valence-electron chi connectivity index (χ1n) is 10.7. The fraction of sp³-hybridized carbons (Fsp3) is 0.833. The molecular weight excluding hydrogens is 342 g/mol. The Kier molecular flexibility index (Phi) is 6.54. The molecule has 0 aromatic carbocycles. The average Bonchev–Trinajstić information content (AvgIpc) is 2.70. The predicted molar refractivity (Wildman–Crippen MR) is 107 cm³/mol. The molecule has 3 N–H and O–H groups in total. The molecule has 0 amide bonds. The number of nitrogens with one attached hydrogen (secondary N) is 3. The van der Waals surface area contributed by atoms with Crippen molar-refractivity contribution >= 4 is 17.8 Å². The molecule has 4 heterocycles. The van der Waals surface area contributed by atoms with Crippen molar-refractivity contribution in [1.29, 1.82) is 0 Å². The molecule has 3 aliphatic heterocycles. The zero-order valence-corrected chi connectivity index (χ0v) is 16.3. The molecule has 0 unspecified atom stereocenters. The highest BCUT2D eigenvalue weighted by Crippen LogP contribution is 2.17. The predicted octanol–water partition coefficient (Wildman–Crippen LogP) is 2.31. The first-order valence-corrected chi connectivity index (χ1v) is 10.7. The Morgan fingerprint density at radius 1 is 0.407 bits per heavy atom. The Morgan fingerprint density at radius 3 is 0.926 bits per heavy atom. The van der Waals surface area contributed by atoms with E-state index in [0.29, 0.717) is 17.8 Å². The summed E-state index contributed by atoms with van der Waals surface area (Å²) in [5.74, 6) is 1.85. The van der Waals surface area contributed by atoms with Gasteiger partial charge in [0, 0.05) is 39.3 Å². The number of hydrogen-bond donors (Lipinski definition) is 3. The van der Waals surface area contributed by atoms with Crippen molar-refractivity contribution in [3.8, 4) is 0 Å². The molecule has 0 bridgehead atoms. The fourth-order valence-electron chi connectivity index (χ4n) is 3.97. The van der Waals surface area contributed by atoms with Gasteiger partial charge in [0.15, 0.2) is 0 Å². The fourth-order valence-corrected chi connectivity index (χ4v) is 3.97. The zero-order valence-electron chi connectivity index (χ0n) is 16.3. The van der Waals surface area contributed by atoms with Crippen LogP contribution >= 0.6 is 0 Å². The van der Waals surface area contributed by atoms with Crippen molar-refractivity contribution in [3.05, 3.63) is 0 Å². The standard InChI is InChI=1S/C18H33N9/c1-4-10-25(11-5-1)22-16-19-17(23-26-12-6-2-7-13-26)21-18(20-16)24-27-14-8-3-9-15-27/h1-15H2,(H3,19,20,21,22,23,24). The van der Waals surface area contributed by atoms with Gasteiger partial charge in [0.25, 0.3) is 0 Å². The molecule has 9 heteroatoms. The van der Waals surface area contributed by atoms with Gasteiger partial charge in [0.05, 0.1) is 0 Å². The smallest absolute Gasteiger partial charge is 0.244 e. The summed E-state index contributed by atoms with van der Waals surface area (Å²) in [4.78, 5) is 13.9. The molecule has 0 saturated carbocycles. The number of nitrogens with zero attached hydrogens (tertiary/aromatic N) is 6. The van der Waals surface area contributed by atoms with E-state index in [4.69, 9.17) is 0 Å². The van der Waals surface area contributed by atoms with Gasteiger partial charge in [0.1, 0.15) is 0 Å². The van der Waals surface area contributed by atoms with Crippen LogP contribution in [0.15, 0.2) is 0 Å². The van der Waals surface area contributed by atoms with Gasteiger partial charge in [-0.25, -0.2) is 15.0 Å². The molecule has 4 rings (SSSR count). The summed E-state index contributed by atoms with van der Waals surface area (Å²) in [6.45, 7) is 6.22. The topological polar surface area (TPSA) is 84.5 Å². The van der Waals surface area contributed by atoms with E-state index in [9.17, 15) is 0 Å². The Morgan fingerprint density at radius 2 is 0.667 bits per heavy atom. The SMILES string of the molecule is C1CCN(Nc2nc(NN3CCCCC3)nc(NN3CCCCC3)n2)CC1. The number of piperidine rings is 3. The van der Waals surface area contributed by atoms with E-state index in [2.05, 4.69) is 46.3 Å². The van der Waals surface area contributed by atoms with Crippen LogP contribution in [0.5, 0.6) is 0 Å². The Labute approximate surface area is 161 Å². The van der Waals surface area contributed by atoms with Crippen LogP contribution < -0.4 is 16.3 Å². The zero-order chi connectivity index (χ0) is 18.3. The minimum Gasteiger partial charge on any atom is -0.287 e. The number of hydrazine groups is 3. The van der Waals surface area contributed by atoms with Crippen LogP contribution in [-0.2, 0) is 0 Å². The minimum atomic E-state index is 0.617. The molecule has 150 valence electrons. The van der Waals surface area contributed by atoms with Crippen LogP contribution in [0.2, 0.25) is 0 Å². The highest BCUT2D eigenvalue weighted by Gasteiger charge is 2.17. The highest BCUT2D eigenvalue weighted by molar-refractivity contribution is 5.41. The van der Waals surface area contributed by atoms with Gasteiger partial charge < -0.3 is 0 Å². The van der Waals surface area contributed by atoms with Crippen molar-refractivity contribution in [2.24, 2.45) is 0 Å². The third kappa shape index (κ3) is 5.63. The molecule has 0 radical (unpaired) electrons. The Hall–Kier alpha value is -1.71. The summed E-state index contributed by atoms with van der Waals surface area (Å²) in [7, 11) is 0. The molecule has 0 spiro atoms. The summed E-state index contributed by atoms with van der Waals surface area (Å²) < 4.78 is 0. The Balaban J connectivity index is 1.47. The molecule has 0 atom stereocenters.